The molecular formula is C25H35N7O3. The largest absolute Gasteiger partial charge is 0.490 e. The molecule has 3 aromatic heterocycles. The first kappa shape index (κ1) is 24.7. The van der Waals surface area contributed by atoms with Crippen molar-refractivity contribution in [3.8, 4) is 5.75 Å². The molecule has 0 atom stereocenters. The average molecular weight is 482 g/mol. The third-order valence-corrected chi connectivity index (χ3v) is 6.56. The topological polar surface area (TPSA) is 118 Å². The molecule has 2 N–H and O–H groups in total. The summed E-state index contributed by atoms with van der Waals surface area (Å²) in [7, 11) is 1.94. The van der Waals surface area contributed by atoms with E-state index in [9.17, 15) is 4.79 Å². The van der Waals surface area contributed by atoms with Crippen LogP contribution < -0.4 is 15.0 Å². The molecule has 10 heteroatoms. The van der Waals surface area contributed by atoms with Crippen molar-refractivity contribution < 1.29 is 14.6 Å². The molecule has 0 radical (unpaired) electrons. The first-order valence-electron chi connectivity index (χ1n) is 12.4. The van der Waals surface area contributed by atoms with Crippen LogP contribution >= 0.6 is 0 Å². The van der Waals surface area contributed by atoms with Gasteiger partial charge in [0.15, 0.2) is 11.4 Å². The number of aliphatic carboxylic acids is 1. The molecule has 4 rings (SSSR count). The number of nitrogens with one attached hydrogen (secondary N) is 1. The molecule has 0 unspecified atom stereocenters. The Morgan fingerprint density at radius 2 is 2.03 bits per heavy atom. The lowest BCUT2D eigenvalue weighted by atomic mass is 10.1. The molecule has 3 heterocycles. The first-order chi connectivity index (χ1) is 16.9. The van der Waals surface area contributed by atoms with Gasteiger partial charge >= 0.3 is 5.97 Å². The molecule has 0 spiro atoms. The van der Waals surface area contributed by atoms with Crippen molar-refractivity contribution in [2.24, 2.45) is 13.0 Å². The van der Waals surface area contributed by atoms with Crippen LogP contribution in [0.3, 0.4) is 0 Å². The summed E-state index contributed by atoms with van der Waals surface area (Å²) in [5.41, 5.74) is 2.94. The molecule has 0 saturated heterocycles. The number of anilines is 2. The minimum Gasteiger partial charge on any atom is -0.490 e. The maximum atomic E-state index is 10.6. The minimum absolute atomic E-state index is 0.0765. The molecule has 188 valence electrons. The van der Waals surface area contributed by atoms with Gasteiger partial charge in [-0.2, -0.15) is 5.10 Å². The van der Waals surface area contributed by atoms with Crippen LogP contribution in [-0.4, -0.2) is 55.5 Å². The van der Waals surface area contributed by atoms with E-state index in [1.165, 1.54) is 25.7 Å². The monoisotopic (exact) mass is 481 g/mol. The Bertz CT molecular complexity index is 1140. The van der Waals surface area contributed by atoms with E-state index in [0.29, 0.717) is 37.2 Å². The van der Waals surface area contributed by atoms with E-state index in [0.717, 1.165) is 41.2 Å². The quantitative estimate of drug-likeness (QED) is 0.371. The van der Waals surface area contributed by atoms with E-state index in [1.54, 1.807) is 12.4 Å². The van der Waals surface area contributed by atoms with Crippen LogP contribution in [0.15, 0.2) is 18.5 Å². The number of aromatic nitrogens is 5. The smallest absolute Gasteiger partial charge is 0.303 e. The Kier molecular flexibility index (Phi) is 7.99. The summed E-state index contributed by atoms with van der Waals surface area (Å²) in [5, 5.41) is 17.7. The van der Waals surface area contributed by atoms with Crippen LogP contribution in [0.4, 0.5) is 11.8 Å². The predicted molar refractivity (Wildman–Crippen MR) is 135 cm³/mol. The lowest BCUT2D eigenvalue weighted by Gasteiger charge is -2.27. The SMILES string of the molecule is CCN(CC1CCCC1)c1nc2c(cc1CNc1ncc(OCCCC(=O)O)cn1)c(C)nn2C. The van der Waals surface area contributed by atoms with E-state index in [4.69, 9.17) is 14.8 Å². The number of hydrogen-bond acceptors (Lipinski definition) is 8. The fourth-order valence-corrected chi connectivity index (χ4v) is 4.72. The normalized spacial score (nSPS) is 13.9. The zero-order chi connectivity index (χ0) is 24.8. The second-order valence-corrected chi connectivity index (χ2v) is 9.18. The van der Waals surface area contributed by atoms with Gasteiger partial charge in [0.1, 0.15) is 5.82 Å². The van der Waals surface area contributed by atoms with Gasteiger partial charge in [-0.25, -0.2) is 15.0 Å². The summed E-state index contributed by atoms with van der Waals surface area (Å²) in [5.74, 6) is 1.89. The summed E-state index contributed by atoms with van der Waals surface area (Å²) < 4.78 is 7.38. The highest BCUT2D eigenvalue weighted by Gasteiger charge is 2.22. The van der Waals surface area contributed by atoms with Gasteiger partial charge in [0.05, 0.1) is 24.7 Å². The van der Waals surface area contributed by atoms with Gasteiger partial charge in [0, 0.05) is 44.1 Å². The average Bonchev–Trinajstić information content (AvgIpc) is 3.46. The molecule has 0 bridgehead atoms. The van der Waals surface area contributed by atoms with Gasteiger partial charge in [-0.15, -0.1) is 0 Å². The van der Waals surface area contributed by atoms with Gasteiger partial charge in [0.25, 0.3) is 0 Å². The van der Waals surface area contributed by atoms with Crippen molar-refractivity contribution in [2.75, 3.05) is 29.9 Å². The zero-order valence-corrected chi connectivity index (χ0v) is 20.8. The molecule has 0 amide bonds. The van der Waals surface area contributed by atoms with Crippen LogP contribution in [0.2, 0.25) is 0 Å². The highest BCUT2D eigenvalue weighted by molar-refractivity contribution is 5.81. The molecule has 3 aromatic rings. The van der Waals surface area contributed by atoms with Crippen LogP contribution in [0.5, 0.6) is 5.75 Å². The number of carboxylic acids is 1. The second-order valence-electron chi connectivity index (χ2n) is 9.18. The van der Waals surface area contributed by atoms with Crippen LogP contribution in [0, 0.1) is 12.8 Å². The summed E-state index contributed by atoms with van der Waals surface area (Å²) >= 11 is 0. The third-order valence-electron chi connectivity index (χ3n) is 6.56. The fraction of sp³-hybridized carbons (Fsp3) is 0.560. The summed E-state index contributed by atoms with van der Waals surface area (Å²) in [6.45, 7) is 6.95. The van der Waals surface area contributed by atoms with Gasteiger partial charge in [-0.3, -0.25) is 9.48 Å². The highest BCUT2D eigenvalue weighted by Crippen LogP contribution is 2.30. The predicted octanol–water partition coefficient (Wildman–Crippen LogP) is 3.94. The van der Waals surface area contributed by atoms with E-state index >= 15 is 0 Å². The van der Waals surface area contributed by atoms with Gasteiger partial charge < -0.3 is 20.1 Å². The molecule has 0 aromatic carbocycles. The van der Waals surface area contributed by atoms with E-state index < -0.39 is 5.97 Å². The number of nitrogens with zero attached hydrogens (tertiary/aromatic N) is 6. The lowest BCUT2D eigenvalue weighted by molar-refractivity contribution is -0.137. The Balaban J connectivity index is 1.49. The Morgan fingerprint density at radius 1 is 1.29 bits per heavy atom. The van der Waals surface area contributed by atoms with Crippen molar-refractivity contribution in [3.63, 3.8) is 0 Å². The van der Waals surface area contributed by atoms with Crippen molar-refractivity contribution in [2.45, 2.75) is 58.9 Å². The molecule has 1 aliphatic rings. The van der Waals surface area contributed by atoms with E-state index in [1.807, 2.05) is 18.7 Å². The Labute approximate surface area is 205 Å². The summed E-state index contributed by atoms with van der Waals surface area (Å²) in [6.07, 6.45) is 8.93. The maximum Gasteiger partial charge on any atom is 0.303 e. The third kappa shape index (κ3) is 6.17. The fourth-order valence-electron chi connectivity index (χ4n) is 4.72. The molecule has 35 heavy (non-hydrogen) atoms. The van der Waals surface area contributed by atoms with Crippen molar-refractivity contribution in [1.82, 2.24) is 24.7 Å². The number of carbonyl (C=O) groups is 1. The molecule has 1 saturated carbocycles. The van der Waals surface area contributed by atoms with Gasteiger partial charge in [-0.1, -0.05) is 12.8 Å². The van der Waals surface area contributed by atoms with Gasteiger partial charge in [0.2, 0.25) is 5.95 Å². The van der Waals surface area contributed by atoms with Crippen LogP contribution in [-0.2, 0) is 18.4 Å². The Hall–Kier alpha value is -3.43. The number of ether oxygens (including phenoxy) is 1. The van der Waals surface area contributed by atoms with Gasteiger partial charge in [-0.05, 0) is 45.1 Å². The molecule has 10 nitrogen and oxygen atoms in total. The van der Waals surface area contributed by atoms with Crippen molar-refractivity contribution >= 4 is 28.8 Å². The molecule has 1 fully saturated rings. The zero-order valence-electron chi connectivity index (χ0n) is 20.8. The Morgan fingerprint density at radius 3 is 2.71 bits per heavy atom. The lowest BCUT2D eigenvalue weighted by Crippen LogP contribution is -2.30. The number of hydrogen-bond donors (Lipinski definition) is 2. The summed E-state index contributed by atoms with van der Waals surface area (Å²) in [4.78, 5) is 26.8. The number of aryl methyl sites for hydroxylation is 2. The molecule has 1 aliphatic carbocycles. The van der Waals surface area contributed by atoms with Crippen molar-refractivity contribution in [1.29, 1.82) is 0 Å². The summed E-state index contributed by atoms with van der Waals surface area (Å²) in [6, 6.07) is 2.18. The highest BCUT2D eigenvalue weighted by atomic mass is 16.5. The minimum atomic E-state index is -0.831. The van der Waals surface area contributed by atoms with E-state index in [2.05, 4.69) is 38.3 Å². The molecule has 0 aliphatic heterocycles. The standard InChI is InChI=1S/C25H35N7O3/c1-4-32(16-18-8-5-6-9-18)23-19(12-21-17(2)30-31(3)24(21)29-23)13-26-25-27-14-20(15-28-25)35-11-7-10-22(33)34/h12,14-15,18H,4-11,13,16H2,1-3H3,(H,33,34)(H,26,27,28). The van der Waals surface area contributed by atoms with Crippen LogP contribution in [0.1, 0.15) is 56.7 Å². The van der Waals surface area contributed by atoms with Crippen molar-refractivity contribution in [3.05, 3.63) is 29.7 Å². The number of rotatable bonds is 12. The first-order valence-corrected chi connectivity index (χ1v) is 12.4. The van der Waals surface area contributed by atoms with Crippen LogP contribution in [0.25, 0.3) is 11.0 Å². The number of pyridine rings is 1. The second kappa shape index (κ2) is 11.3. The van der Waals surface area contributed by atoms with E-state index in [-0.39, 0.29) is 6.42 Å². The number of fused-ring (bicyclic) bond motifs is 1. The maximum absolute atomic E-state index is 10.6. The number of carboxylic acid groups (broad SMARTS) is 1. The molecular weight excluding hydrogens is 446 g/mol.